The van der Waals surface area contributed by atoms with Gasteiger partial charge in [-0.05, 0) is 29.8 Å². The lowest BCUT2D eigenvalue weighted by Crippen LogP contribution is -2.50. The van der Waals surface area contributed by atoms with E-state index in [1.807, 2.05) is 35.2 Å². The minimum Gasteiger partial charge on any atom is -0.508 e. The number of anilines is 1. The highest BCUT2D eigenvalue weighted by atomic mass is 16.3. The molecule has 1 heterocycles. The van der Waals surface area contributed by atoms with Crippen molar-refractivity contribution in [3.05, 3.63) is 60.2 Å². The zero-order valence-electron chi connectivity index (χ0n) is 14.6. The molecule has 1 fully saturated rings. The zero-order chi connectivity index (χ0) is 18.4. The van der Waals surface area contributed by atoms with Crippen molar-refractivity contribution < 1.29 is 14.7 Å². The van der Waals surface area contributed by atoms with E-state index in [-0.39, 0.29) is 17.6 Å². The number of carbonyl (C=O) groups is 2. The molecule has 0 atom stereocenters. The van der Waals surface area contributed by atoms with Crippen LogP contribution in [0.25, 0.3) is 0 Å². The minimum atomic E-state index is -0.0416. The second-order valence-electron chi connectivity index (χ2n) is 6.41. The maximum atomic E-state index is 12.4. The number of carbonyl (C=O) groups excluding carboxylic acids is 2. The number of benzene rings is 2. The summed E-state index contributed by atoms with van der Waals surface area (Å²) in [6.45, 7) is 2.94. The Labute approximate surface area is 153 Å². The summed E-state index contributed by atoms with van der Waals surface area (Å²) in [7, 11) is 0. The second kappa shape index (κ2) is 8.49. The normalized spacial score (nSPS) is 14.8. The van der Waals surface area contributed by atoms with Crippen molar-refractivity contribution in [3.63, 3.8) is 0 Å². The summed E-state index contributed by atoms with van der Waals surface area (Å²) in [5.41, 5.74) is 1.68. The van der Waals surface area contributed by atoms with E-state index in [0.29, 0.717) is 39.1 Å². The molecular formula is C20H23N3O3. The van der Waals surface area contributed by atoms with Crippen LogP contribution in [0.1, 0.15) is 5.56 Å². The lowest BCUT2D eigenvalue weighted by atomic mass is 10.1. The second-order valence-corrected chi connectivity index (χ2v) is 6.41. The van der Waals surface area contributed by atoms with Crippen molar-refractivity contribution in [2.75, 3.05) is 38.0 Å². The molecule has 2 amide bonds. The highest BCUT2D eigenvalue weighted by Crippen LogP contribution is 2.12. The van der Waals surface area contributed by atoms with Crippen LogP contribution in [0.2, 0.25) is 0 Å². The number of nitrogens with one attached hydrogen (secondary N) is 1. The van der Waals surface area contributed by atoms with Gasteiger partial charge in [-0.15, -0.1) is 0 Å². The average molecular weight is 353 g/mol. The van der Waals surface area contributed by atoms with Gasteiger partial charge in [-0.1, -0.05) is 30.3 Å². The molecule has 0 aromatic heterocycles. The van der Waals surface area contributed by atoms with Crippen molar-refractivity contribution >= 4 is 17.5 Å². The van der Waals surface area contributed by atoms with Gasteiger partial charge in [0.1, 0.15) is 5.75 Å². The number of nitrogens with zero attached hydrogens (tertiary/aromatic N) is 2. The van der Waals surface area contributed by atoms with E-state index in [2.05, 4.69) is 10.2 Å². The van der Waals surface area contributed by atoms with Gasteiger partial charge in [-0.2, -0.15) is 0 Å². The van der Waals surface area contributed by atoms with Crippen LogP contribution in [0, 0.1) is 0 Å². The number of rotatable bonds is 5. The summed E-state index contributed by atoms with van der Waals surface area (Å²) in [5, 5.41) is 12.2. The fourth-order valence-electron chi connectivity index (χ4n) is 2.98. The minimum absolute atomic E-state index is 0.0416. The van der Waals surface area contributed by atoms with E-state index in [4.69, 9.17) is 0 Å². The zero-order valence-corrected chi connectivity index (χ0v) is 14.6. The standard InChI is InChI=1S/C20H23N3O3/c24-18-8-6-16(7-9-18)14-20(26)23-12-10-22(11-13-23)15-19(25)21-17-4-2-1-3-5-17/h1-9,24H,10-15H2,(H,21,25). The van der Waals surface area contributed by atoms with Crippen LogP contribution in [0.4, 0.5) is 5.69 Å². The van der Waals surface area contributed by atoms with E-state index >= 15 is 0 Å². The monoisotopic (exact) mass is 353 g/mol. The van der Waals surface area contributed by atoms with Crippen LogP contribution in [0.5, 0.6) is 5.75 Å². The van der Waals surface area contributed by atoms with Crippen molar-refractivity contribution in [3.8, 4) is 5.75 Å². The number of amides is 2. The lowest BCUT2D eigenvalue weighted by molar-refractivity contribution is -0.132. The quantitative estimate of drug-likeness (QED) is 0.858. The van der Waals surface area contributed by atoms with Gasteiger partial charge in [0.25, 0.3) is 0 Å². The molecule has 6 nitrogen and oxygen atoms in total. The molecule has 3 rings (SSSR count). The summed E-state index contributed by atoms with van der Waals surface area (Å²) in [4.78, 5) is 28.4. The Morgan fingerprint density at radius 2 is 1.58 bits per heavy atom. The molecule has 0 saturated carbocycles. The van der Waals surface area contributed by atoms with Gasteiger partial charge in [0.15, 0.2) is 0 Å². The molecule has 1 aliphatic rings. The third-order valence-electron chi connectivity index (χ3n) is 4.44. The fraction of sp³-hybridized carbons (Fsp3) is 0.300. The Balaban J connectivity index is 1.42. The highest BCUT2D eigenvalue weighted by Gasteiger charge is 2.22. The molecule has 0 aliphatic carbocycles. The predicted octanol–water partition coefficient (Wildman–Crippen LogP) is 1.72. The van der Waals surface area contributed by atoms with Gasteiger partial charge in [0.05, 0.1) is 13.0 Å². The molecule has 1 saturated heterocycles. The van der Waals surface area contributed by atoms with Crippen molar-refractivity contribution in [1.82, 2.24) is 9.80 Å². The Morgan fingerprint density at radius 3 is 2.23 bits per heavy atom. The van der Waals surface area contributed by atoms with Gasteiger partial charge in [0.2, 0.25) is 11.8 Å². The summed E-state index contributed by atoms with van der Waals surface area (Å²) in [5.74, 6) is 0.229. The summed E-state index contributed by atoms with van der Waals surface area (Å²) in [6, 6.07) is 16.1. The summed E-state index contributed by atoms with van der Waals surface area (Å²) < 4.78 is 0. The molecule has 2 N–H and O–H groups in total. The molecule has 2 aromatic rings. The SMILES string of the molecule is O=C(CN1CCN(C(=O)Cc2ccc(O)cc2)CC1)Nc1ccccc1. The average Bonchev–Trinajstić information content (AvgIpc) is 2.65. The maximum absolute atomic E-state index is 12.4. The molecule has 26 heavy (non-hydrogen) atoms. The number of piperazine rings is 1. The van der Waals surface area contributed by atoms with Crippen LogP contribution in [-0.2, 0) is 16.0 Å². The number of phenolic OH excluding ortho intramolecular Hbond substituents is 1. The Morgan fingerprint density at radius 1 is 0.923 bits per heavy atom. The number of phenols is 1. The van der Waals surface area contributed by atoms with Crippen LogP contribution in [-0.4, -0.2) is 59.4 Å². The molecule has 0 spiro atoms. The van der Waals surface area contributed by atoms with E-state index in [1.165, 1.54) is 0 Å². The molecule has 136 valence electrons. The molecule has 0 bridgehead atoms. The molecule has 1 aliphatic heterocycles. The predicted molar refractivity (Wildman–Crippen MR) is 99.9 cm³/mol. The van der Waals surface area contributed by atoms with Gasteiger partial charge in [-0.3, -0.25) is 14.5 Å². The first kappa shape index (κ1) is 17.9. The maximum Gasteiger partial charge on any atom is 0.238 e. The first-order chi connectivity index (χ1) is 12.6. The summed E-state index contributed by atoms with van der Waals surface area (Å²) in [6.07, 6.45) is 0.328. The highest BCUT2D eigenvalue weighted by molar-refractivity contribution is 5.92. The molecular weight excluding hydrogens is 330 g/mol. The van der Waals surface area contributed by atoms with Gasteiger partial charge < -0.3 is 15.3 Å². The number of hydrogen-bond donors (Lipinski definition) is 2. The number of hydrogen-bond acceptors (Lipinski definition) is 4. The summed E-state index contributed by atoms with van der Waals surface area (Å²) >= 11 is 0. The first-order valence-corrected chi connectivity index (χ1v) is 8.73. The van der Waals surface area contributed by atoms with Gasteiger partial charge >= 0.3 is 0 Å². The molecule has 6 heteroatoms. The topological polar surface area (TPSA) is 72.9 Å². The Kier molecular flexibility index (Phi) is 5.86. The number of aromatic hydroxyl groups is 1. The fourth-order valence-corrected chi connectivity index (χ4v) is 2.98. The number of para-hydroxylation sites is 1. The Hall–Kier alpha value is -2.86. The van der Waals surface area contributed by atoms with E-state index in [9.17, 15) is 14.7 Å². The van der Waals surface area contributed by atoms with Crippen molar-refractivity contribution in [1.29, 1.82) is 0 Å². The molecule has 2 aromatic carbocycles. The van der Waals surface area contributed by atoms with Crippen LogP contribution in [0.15, 0.2) is 54.6 Å². The van der Waals surface area contributed by atoms with Crippen LogP contribution in [0.3, 0.4) is 0 Å². The van der Waals surface area contributed by atoms with Crippen LogP contribution < -0.4 is 5.32 Å². The van der Waals surface area contributed by atoms with E-state index in [0.717, 1.165) is 11.3 Å². The smallest absolute Gasteiger partial charge is 0.238 e. The largest absolute Gasteiger partial charge is 0.508 e. The first-order valence-electron chi connectivity index (χ1n) is 8.73. The Bertz CT molecular complexity index is 739. The molecule has 0 radical (unpaired) electrons. The third kappa shape index (κ3) is 5.07. The van der Waals surface area contributed by atoms with Crippen LogP contribution >= 0.6 is 0 Å². The van der Waals surface area contributed by atoms with Gasteiger partial charge in [-0.25, -0.2) is 0 Å². The van der Waals surface area contributed by atoms with Gasteiger partial charge in [0, 0.05) is 31.9 Å². The van der Waals surface area contributed by atoms with E-state index < -0.39 is 0 Å². The van der Waals surface area contributed by atoms with Crippen molar-refractivity contribution in [2.45, 2.75) is 6.42 Å². The van der Waals surface area contributed by atoms with E-state index in [1.54, 1.807) is 24.3 Å². The lowest BCUT2D eigenvalue weighted by Gasteiger charge is -2.34. The molecule has 0 unspecified atom stereocenters. The third-order valence-corrected chi connectivity index (χ3v) is 4.44. The van der Waals surface area contributed by atoms with Crippen molar-refractivity contribution in [2.24, 2.45) is 0 Å².